The summed E-state index contributed by atoms with van der Waals surface area (Å²) in [6.07, 6.45) is 2.71. The first-order valence-corrected chi connectivity index (χ1v) is 9.65. The third-order valence-corrected chi connectivity index (χ3v) is 4.46. The van der Waals surface area contributed by atoms with Crippen LogP contribution in [0.25, 0.3) is 5.65 Å². The summed E-state index contributed by atoms with van der Waals surface area (Å²) in [5, 5.41) is 15.1. The molecule has 0 saturated heterocycles. The second kappa shape index (κ2) is 10.4. The van der Waals surface area contributed by atoms with Gasteiger partial charge in [-0.2, -0.15) is 0 Å². The van der Waals surface area contributed by atoms with Crippen molar-refractivity contribution in [3.8, 4) is 5.75 Å². The highest BCUT2D eigenvalue weighted by atomic mass is 16.5. The van der Waals surface area contributed by atoms with E-state index in [1.54, 1.807) is 14.2 Å². The van der Waals surface area contributed by atoms with E-state index in [4.69, 9.17) is 9.47 Å². The first-order chi connectivity index (χ1) is 14.2. The molecule has 0 amide bonds. The summed E-state index contributed by atoms with van der Waals surface area (Å²) in [5.41, 5.74) is 3.08. The maximum Gasteiger partial charge on any atom is 0.191 e. The minimum absolute atomic E-state index is 0.520. The molecule has 0 aliphatic rings. The minimum Gasteiger partial charge on any atom is -0.491 e. The number of pyridine rings is 1. The number of methoxy groups -OCH3 is 1. The van der Waals surface area contributed by atoms with Crippen molar-refractivity contribution in [1.29, 1.82) is 0 Å². The van der Waals surface area contributed by atoms with Crippen LogP contribution in [0, 0.1) is 6.92 Å². The highest BCUT2D eigenvalue weighted by Gasteiger charge is 2.07. The molecule has 0 aliphatic carbocycles. The molecule has 3 aromatic rings. The van der Waals surface area contributed by atoms with Crippen LogP contribution in [-0.4, -0.2) is 54.5 Å². The number of rotatable bonds is 9. The summed E-state index contributed by atoms with van der Waals surface area (Å²) in [7, 11) is 3.42. The Hall–Kier alpha value is -3.13. The van der Waals surface area contributed by atoms with Gasteiger partial charge in [0.05, 0.1) is 6.61 Å². The van der Waals surface area contributed by atoms with Gasteiger partial charge in [0.25, 0.3) is 0 Å². The molecule has 8 nitrogen and oxygen atoms in total. The summed E-state index contributed by atoms with van der Waals surface area (Å²) in [6, 6.07) is 12.1. The summed E-state index contributed by atoms with van der Waals surface area (Å²) >= 11 is 0. The lowest BCUT2D eigenvalue weighted by Gasteiger charge is -2.15. The van der Waals surface area contributed by atoms with Crippen molar-refractivity contribution in [3.05, 3.63) is 59.5 Å². The van der Waals surface area contributed by atoms with Gasteiger partial charge in [0.15, 0.2) is 11.6 Å². The van der Waals surface area contributed by atoms with Crippen LogP contribution in [0.1, 0.15) is 17.0 Å². The van der Waals surface area contributed by atoms with Gasteiger partial charge in [0.1, 0.15) is 18.2 Å². The topological polar surface area (TPSA) is 85.1 Å². The smallest absolute Gasteiger partial charge is 0.191 e. The Morgan fingerprint density at radius 2 is 2.03 bits per heavy atom. The van der Waals surface area contributed by atoms with Crippen LogP contribution in [0.15, 0.2) is 47.6 Å². The molecule has 3 rings (SSSR count). The van der Waals surface area contributed by atoms with Gasteiger partial charge in [-0.15, -0.1) is 10.2 Å². The van der Waals surface area contributed by atoms with E-state index in [2.05, 4.69) is 44.9 Å². The van der Waals surface area contributed by atoms with Crippen molar-refractivity contribution in [2.45, 2.75) is 19.9 Å². The van der Waals surface area contributed by atoms with E-state index >= 15 is 0 Å². The van der Waals surface area contributed by atoms with Crippen molar-refractivity contribution in [2.24, 2.45) is 4.99 Å². The number of fused-ring (bicyclic) bond motifs is 1. The molecule has 8 heteroatoms. The average molecular weight is 396 g/mol. The van der Waals surface area contributed by atoms with Crippen LogP contribution < -0.4 is 15.4 Å². The minimum atomic E-state index is 0.520. The zero-order valence-corrected chi connectivity index (χ0v) is 17.2. The van der Waals surface area contributed by atoms with Crippen molar-refractivity contribution in [1.82, 2.24) is 25.2 Å². The summed E-state index contributed by atoms with van der Waals surface area (Å²) in [5.74, 6) is 2.50. The monoisotopic (exact) mass is 396 g/mol. The Morgan fingerprint density at radius 3 is 2.86 bits per heavy atom. The summed E-state index contributed by atoms with van der Waals surface area (Å²) in [4.78, 5) is 4.30. The third-order valence-electron chi connectivity index (χ3n) is 4.46. The Labute approximate surface area is 171 Å². The first kappa shape index (κ1) is 20.6. The number of hydrogen-bond acceptors (Lipinski definition) is 5. The molecular formula is C21H28N6O2. The number of aryl methyl sites for hydroxylation is 1. The predicted octanol–water partition coefficient (Wildman–Crippen LogP) is 1.97. The van der Waals surface area contributed by atoms with E-state index in [1.165, 1.54) is 0 Å². The van der Waals surface area contributed by atoms with Gasteiger partial charge in [-0.25, -0.2) is 0 Å². The quantitative estimate of drug-likeness (QED) is 0.327. The molecule has 0 unspecified atom stereocenters. The molecule has 0 atom stereocenters. The number of aliphatic imine (C=N–C) groups is 1. The molecule has 0 aliphatic heterocycles. The Morgan fingerprint density at radius 1 is 1.14 bits per heavy atom. The number of aromatic nitrogens is 3. The molecule has 29 heavy (non-hydrogen) atoms. The van der Waals surface area contributed by atoms with E-state index in [0.717, 1.165) is 40.7 Å². The predicted molar refractivity (Wildman–Crippen MR) is 113 cm³/mol. The fourth-order valence-corrected chi connectivity index (χ4v) is 2.93. The first-order valence-electron chi connectivity index (χ1n) is 9.65. The lowest BCUT2D eigenvalue weighted by Crippen LogP contribution is -2.38. The van der Waals surface area contributed by atoms with E-state index < -0.39 is 0 Å². The number of hydrogen-bond donors (Lipinski definition) is 2. The number of nitrogens with zero attached hydrogens (tertiary/aromatic N) is 4. The van der Waals surface area contributed by atoms with Crippen LogP contribution in [0.2, 0.25) is 0 Å². The van der Waals surface area contributed by atoms with Gasteiger partial charge in [0.2, 0.25) is 0 Å². The maximum absolute atomic E-state index is 5.85. The molecule has 0 radical (unpaired) electrons. The maximum atomic E-state index is 5.85. The Bertz CT molecular complexity index is 953. The van der Waals surface area contributed by atoms with E-state index in [9.17, 15) is 0 Å². The molecular weight excluding hydrogens is 368 g/mol. The zero-order valence-electron chi connectivity index (χ0n) is 17.2. The molecule has 0 bridgehead atoms. The zero-order chi connectivity index (χ0) is 20.5. The van der Waals surface area contributed by atoms with Gasteiger partial charge in [-0.05, 0) is 30.7 Å². The van der Waals surface area contributed by atoms with Gasteiger partial charge < -0.3 is 20.1 Å². The Kier molecular flexibility index (Phi) is 7.40. The molecule has 0 saturated carbocycles. The van der Waals surface area contributed by atoms with Crippen molar-refractivity contribution < 1.29 is 9.47 Å². The van der Waals surface area contributed by atoms with Crippen molar-refractivity contribution >= 4 is 11.6 Å². The number of nitrogens with one attached hydrogen (secondary N) is 2. The average Bonchev–Trinajstić information content (AvgIpc) is 3.15. The highest BCUT2D eigenvalue weighted by Crippen LogP contribution is 2.20. The summed E-state index contributed by atoms with van der Waals surface area (Å²) in [6.45, 7) is 4.43. The molecule has 1 aromatic carbocycles. The fraction of sp³-hybridized carbons (Fsp3) is 0.381. The van der Waals surface area contributed by atoms with Crippen LogP contribution in [-0.2, 0) is 17.7 Å². The lowest BCUT2D eigenvalue weighted by atomic mass is 10.1. The second-order valence-corrected chi connectivity index (χ2v) is 6.60. The fourth-order valence-electron chi connectivity index (χ4n) is 2.93. The van der Waals surface area contributed by atoms with Crippen molar-refractivity contribution in [2.75, 3.05) is 33.9 Å². The Balaban J connectivity index is 1.53. The third kappa shape index (κ3) is 5.68. The number of benzene rings is 1. The standard InChI is InChI=1S/C21H28N6O2/c1-16-7-8-17(18(14-16)29-13-12-28-3)15-24-21(22-2)23-10-9-20-26-25-19-6-4-5-11-27(19)20/h4-8,11,14H,9-10,12-13,15H2,1-3H3,(H2,22,23,24). The van der Waals surface area contributed by atoms with E-state index in [0.29, 0.717) is 26.3 Å². The van der Waals surface area contributed by atoms with Gasteiger partial charge in [-0.3, -0.25) is 9.39 Å². The number of ether oxygens (including phenoxy) is 2. The molecule has 2 heterocycles. The van der Waals surface area contributed by atoms with Crippen LogP contribution in [0.3, 0.4) is 0 Å². The van der Waals surface area contributed by atoms with Gasteiger partial charge in [-0.1, -0.05) is 18.2 Å². The van der Waals surface area contributed by atoms with Crippen LogP contribution in [0.5, 0.6) is 5.75 Å². The SMILES string of the molecule is CN=C(NCCc1nnc2ccccn12)NCc1ccc(C)cc1OCCOC. The largest absolute Gasteiger partial charge is 0.491 e. The molecule has 154 valence electrons. The lowest BCUT2D eigenvalue weighted by molar-refractivity contribution is 0.145. The van der Waals surface area contributed by atoms with Crippen LogP contribution >= 0.6 is 0 Å². The molecule has 2 aromatic heterocycles. The van der Waals surface area contributed by atoms with Gasteiger partial charge >= 0.3 is 0 Å². The van der Waals surface area contributed by atoms with E-state index in [-0.39, 0.29) is 0 Å². The highest BCUT2D eigenvalue weighted by molar-refractivity contribution is 5.79. The molecule has 0 fully saturated rings. The molecule has 0 spiro atoms. The second-order valence-electron chi connectivity index (χ2n) is 6.60. The van der Waals surface area contributed by atoms with E-state index in [1.807, 2.05) is 34.9 Å². The van der Waals surface area contributed by atoms with Gasteiger partial charge in [0, 0.05) is 45.4 Å². The van der Waals surface area contributed by atoms with Crippen molar-refractivity contribution in [3.63, 3.8) is 0 Å². The van der Waals surface area contributed by atoms with Crippen LogP contribution in [0.4, 0.5) is 0 Å². The summed E-state index contributed by atoms with van der Waals surface area (Å²) < 4.78 is 12.9. The molecule has 2 N–H and O–H groups in total. The normalized spacial score (nSPS) is 11.6. The number of guanidine groups is 1.